The Morgan fingerprint density at radius 2 is 1.57 bits per heavy atom. The fourth-order valence-electron chi connectivity index (χ4n) is 5.30. The van der Waals surface area contributed by atoms with Crippen LogP contribution < -0.4 is 20.3 Å². The number of sulfonamides is 1. The number of nitrogens with one attached hydrogen (secondary N) is 3. The second-order valence-corrected chi connectivity index (χ2v) is 13.3. The summed E-state index contributed by atoms with van der Waals surface area (Å²) < 4.78 is 107. The third-order valence-corrected chi connectivity index (χ3v) is 9.48. The molecule has 0 spiro atoms. The molecule has 3 aromatic carbocycles. The molecular weight excluding hydrogens is 650 g/mol. The Labute approximate surface area is 269 Å². The fourth-order valence-corrected chi connectivity index (χ4v) is 6.93. The van der Waals surface area contributed by atoms with Crippen molar-refractivity contribution >= 4 is 27.3 Å². The maximum absolute atomic E-state index is 13.6. The number of aliphatic hydroxyl groups is 1. The Morgan fingerprint density at radius 1 is 0.915 bits per heavy atom. The minimum atomic E-state index is -5.00. The van der Waals surface area contributed by atoms with Gasteiger partial charge in [-0.1, -0.05) is 30.3 Å². The van der Waals surface area contributed by atoms with Gasteiger partial charge in [-0.2, -0.15) is 26.3 Å². The average molecular weight is 687 g/mol. The molecule has 15 heteroatoms. The van der Waals surface area contributed by atoms with Crippen molar-refractivity contribution in [1.29, 1.82) is 0 Å². The fraction of sp³-hybridized carbons (Fsp3) is 0.406. The summed E-state index contributed by atoms with van der Waals surface area (Å²) >= 11 is 0. The van der Waals surface area contributed by atoms with Gasteiger partial charge >= 0.3 is 12.4 Å². The molecule has 0 radical (unpaired) electrons. The normalized spacial score (nSPS) is 16.4. The van der Waals surface area contributed by atoms with Gasteiger partial charge in [0.25, 0.3) is 5.91 Å². The topological polar surface area (TPSA) is 111 Å². The van der Waals surface area contributed by atoms with E-state index in [9.17, 15) is 44.7 Å². The Bertz CT molecular complexity index is 1600. The summed E-state index contributed by atoms with van der Waals surface area (Å²) in [4.78, 5) is 13.6. The van der Waals surface area contributed by atoms with Gasteiger partial charge in [-0.15, -0.1) is 0 Å². The smallest absolute Gasteiger partial charge is 0.390 e. The van der Waals surface area contributed by atoms with Crippen LogP contribution in [0.3, 0.4) is 0 Å². The van der Waals surface area contributed by atoms with E-state index >= 15 is 0 Å². The first-order valence-corrected chi connectivity index (χ1v) is 16.6. The number of alkyl halides is 6. The molecule has 1 heterocycles. The van der Waals surface area contributed by atoms with E-state index in [1.165, 1.54) is 10.4 Å². The van der Waals surface area contributed by atoms with Gasteiger partial charge in [-0.25, -0.2) is 8.42 Å². The molecule has 1 amide bonds. The molecule has 1 fully saturated rings. The number of halogens is 6. The highest BCUT2D eigenvalue weighted by Gasteiger charge is 2.37. The lowest BCUT2D eigenvalue weighted by Gasteiger charge is -2.29. The van der Waals surface area contributed by atoms with Crippen molar-refractivity contribution in [1.82, 2.24) is 10.6 Å². The third-order valence-electron chi connectivity index (χ3n) is 7.61. The van der Waals surface area contributed by atoms with Crippen LogP contribution >= 0.6 is 0 Å². The zero-order valence-electron chi connectivity index (χ0n) is 25.5. The van der Waals surface area contributed by atoms with Gasteiger partial charge in [-0.05, 0) is 73.7 Å². The quantitative estimate of drug-likeness (QED) is 0.185. The van der Waals surface area contributed by atoms with E-state index in [0.717, 1.165) is 5.56 Å². The number of rotatable bonds is 12. The Balaban J connectivity index is 1.55. The summed E-state index contributed by atoms with van der Waals surface area (Å²) in [6.07, 6.45) is -10.00. The predicted molar refractivity (Wildman–Crippen MR) is 167 cm³/mol. The summed E-state index contributed by atoms with van der Waals surface area (Å²) in [7, 11) is -3.58. The van der Waals surface area contributed by atoms with Crippen molar-refractivity contribution in [3.05, 3.63) is 94.5 Å². The molecule has 1 saturated heterocycles. The Hall–Kier alpha value is -3.82. The maximum atomic E-state index is 13.6. The van der Waals surface area contributed by atoms with Crippen LogP contribution in [0.25, 0.3) is 0 Å². The summed E-state index contributed by atoms with van der Waals surface area (Å²) in [5.41, 5.74) is -1.49. The lowest BCUT2D eigenvalue weighted by Crippen LogP contribution is -2.48. The second-order valence-electron chi connectivity index (χ2n) is 11.3. The van der Waals surface area contributed by atoms with E-state index in [2.05, 4.69) is 16.0 Å². The molecule has 2 atom stereocenters. The van der Waals surface area contributed by atoms with Crippen LogP contribution in [0.15, 0.2) is 66.7 Å². The second kappa shape index (κ2) is 14.9. The molecule has 0 aliphatic carbocycles. The van der Waals surface area contributed by atoms with Gasteiger partial charge in [0.2, 0.25) is 10.0 Å². The highest BCUT2D eigenvalue weighted by atomic mass is 32.2. The molecule has 1 aliphatic rings. The lowest BCUT2D eigenvalue weighted by atomic mass is 10.00. The molecule has 3 aromatic rings. The predicted octanol–water partition coefficient (Wildman–Crippen LogP) is 5.58. The number of carbonyl (C=O) groups is 1. The van der Waals surface area contributed by atoms with Gasteiger partial charge in [-0.3, -0.25) is 9.10 Å². The number of benzene rings is 3. The number of hydrogen-bond donors (Lipinski definition) is 4. The zero-order valence-corrected chi connectivity index (χ0v) is 26.3. The van der Waals surface area contributed by atoms with Crippen molar-refractivity contribution in [2.75, 3.05) is 35.0 Å². The summed E-state index contributed by atoms with van der Waals surface area (Å²) in [6.45, 7) is 1.89. The summed E-state index contributed by atoms with van der Waals surface area (Å²) in [6, 6.07) is 13.8. The van der Waals surface area contributed by atoms with Crippen LogP contribution in [0.2, 0.25) is 0 Å². The van der Waals surface area contributed by atoms with Crippen molar-refractivity contribution in [3.8, 4) is 0 Å². The molecule has 0 bridgehead atoms. The molecule has 1 aliphatic heterocycles. The molecule has 47 heavy (non-hydrogen) atoms. The van der Waals surface area contributed by atoms with E-state index in [1.807, 2.05) is 6.92 Å². The van der Waals surface area contributed by atoms with E-state index in [0.29, 0.717) is 42.9 Å². The highest BCUT2D eigenvalue weighted by Crippen LogP contribution is 2.36. The number of anilines is 2. The van der Waals surface area contributed by atoms with Gasteiger partial charge in [0.1, 0.15) is 0 Å². The van der Waals surface area contributed by atoms with Crippen molar-refractivity contribution in [3.63, 3.8) is 0 Å². The van der Waals surface area contributed by atoms with Crippen LogP contribution in [0.4, 0.5) is 37.7 Å². The molecule has 8 nitrogen and oxygen atoms in total. The molecule has 0 aromatic heterocycles. The minimum Gasteiger partial charge on any atom is -0.390 e. The number of amides is 1. The van der Waals surface area contributed by atoms with Crippen LogP contribution in [-0.4, -0.2) is 57.0 Å². The first kappa shape index (κ1) is 36.0. The van der Waals surface area contributed by atoms with E-state index < -0.39 is 58.1 Å². The van der Waals surface area contributed by atoms with E-state index in [4.69, 9.17) is 0 Å². The Morgan fingerprint density at radius 3 is 2.17 bits per heavy atom. The van der Waals surface area contributed by atoms with Gasteiger partial charge in [0, 0.05) is 37.4 Å². The van der Waals surface area contributed by atoms with E-state index in [-0.39, 0.29) is 42.5 Å². The number of nitrogens with zero attached hydrogens (tertiary/aromatic N) is 1. The SMILES string of the molecule is CCNc1cc(C(=O)N[C@@H](Cc2ccccc2)[C@H](O)CNCc2cc(C(F)(F)F)cc(C(F)(F)F)c2)cc(N2CCCCS2(=O)=O)c1. The summed E-state index contributed by atoms with van der Waals surface area (Å²) in [5, 5.41) is 19.7. The first-order chi connectivity index (χ1) is 22.1. The first-order valence-electron chi connectivity index (χ1n) is 15.0. The Kier molecular flexibility index (Phi) is 11.5. The van der Waals surface area contributed by atoms with Gasteiger partial charge < -0.3 is 21.1 Å². The van der Waals surface area contributed by atoms with Crippen molar-refractivity contribution < 1.29 is 44.7 Å². The molecule has 4 N–H and O–H groups in total. The molecule has 0 unspecified atom stereocenters. The largest absolute Gasteiger partial charge is 0.416 e. The van der Waals surface area contributed by atoms with Crippen LogP contribution in [-0.2, 0) is 35.3 Å². The monoisotopic (exact) mass is 686 g/mol. The van der Waals surface area contributed by atoms with Crippen LogP contribution in [0, 0.1) is 0 Å². The maximum Gasteiger partial charge on any atom is 0.416 e. The molecular formula is C32H36F6N4O4S. The third kappa shape index (κ3) is 9.84. The van der Waals surface area contributed by atoms with Crippen molar-refractivity contribution in [2.24, 2.45) is 0 Å². The average Bonchev–Trinajstić information content (AvgIpc) is 3.00. The summed E-state index contributed by atoms with van der Waals surface area (Å²) in [5.74, 6) is -0.635. The zero-order chi connectivity index (χ0) is 34.4. The van der Waals surface area contributed by atoms with Crippen LogP contribution in [0.5, 0.6) is 0 Å². The van der Waals surface area contributed by atoms with Gasteiger partial charge in [0.15, 0.2) is 0 Å². The lowest BCUT2D eigenvalue weighted by molar-refractivity contribution is -0.143. The number of carbonyl (C=O) groups excluding carboxylic acids is 1. The van der Waals surface area contributed by atoms with E-state index in [1.54, 1.807) is 42.5 Å². The minimum absolute atomic E-state index is 0.0175. The standard InChI is InChI=1S/C32H36F6N4O4S/c1-2-40-26-15-23(16-27(18-26)42-10-6-7-11-47(42,45)46)30(44)41-28(14-21-8-4-3-5-9-21)29(43)20-39-19-22-12-24(31(33,34)35)17-25(13-22)32(36,37)38/h3-5,8-9,12-13,15-18,28-29,39-40,43H,2,6-7,10-11,14,19-20H2,1H3,(H,41,44)/t28-,29+/m0/s1. The van der Waals surface area contributed by atoms with Crippen LogP contribution in [0.1, 0.15) is 52.4 Å². The molecule has 0 saturated carbocycles. The molecule has 256 valence electrons. The molecule has 4 rings (SSSR count). The number of hydrogen-bond acceptors (Lipinski definition) is 6. The van der Waals surface area contributed by atoms with Crippen molar-refractivity contribution in [2.45, 2.75) is 57.2 Å². The number of aliphatic hydroxyl groups excluding tert-OH is 1. The highest BCUT2D eigenvalue weighted by molar-refractivity contribution is 7.92. The van der Waals surface area contributed by atoms with Gasteiger partial charge in [0.05, 0.1) is 34.7 Å².